The van der Waals surface area contributed by atoms with E-state index in [0.717, 1.165) is 25.9 Å². The van der Waals surface area contributed by atoms with Crippen molar-refractivity contribution in [2.24, 2.45) is 11.8 Å². The molecule has 2 aromatic rings. The fraction of sp³-hybridized carbons (Fsp3) is 0.538. The average Bonchev–Trinajstić information content (AvgIpc) is 2.62. The van der Waals surface area contributed by atoms with Crippen LogP contribution in [-0.4, -0.2) is 41.6 Å². The van der Waals surface area contributed by atoms with Gasteiger partial charge in [0.1, 0.15) is 11.6 Å². The van der Waals surface area contributed by atoms with Gasteiger partial charge in [0.05, 0.1) is 0 Å². The average molecular weight is 415 g/mol. The predicted molar refractivity (Wildman–Crippen MR) is 124 cm³/mol. The minimum atomic E-state index is -0.346. The Labute approximate surface area is 182 Å². The standard InChI is InChI=1S/C26H39FN2O/c1-19(2)13-21-9-7-10-22(15-21)16-29(23(14-20(3)4)17-28(5)6)18-24-25(27)11-8-12-26(24)30/h7-12,15,19-20,23,30H,13-14,16-18H2,1-6H3/t23-/m0/s1. The summed E-state index contributed by atoms with van der Waals surface area (Å²) in [5.74, 6) is 0.816. The smallest absolute Gasteiger partial charge is 0.131 e. The molecule has 0 aromatic heterocycles. The molecule has 0 saturated heterocycles. The van der Waals surface area contributed by atoms with E-state index in [2.05, 4.69) is 75.9 Å². The van der Waals surface area contributed by atoms with E-state index in [-0.39, 0.29) is 17.6 Å². The van der Waals surface area contributed by atoms with E-state index in [1.54, 1.807) is 12.1 Å². The van der Waals surface area contributed by atoms with Gasteiger partial charge < -0.3 is 10.0 Å². The van der Waals surface area contributed by atoms with Crippen LogP contribution in [0.2, 0.25) is 0 Å². The summed E-state index contributed by atoms with van der Waals surface area (Å²) in [6.45, 7) is 10.9. The van der Waals surface area contributed by atoms with E-state index in [0.29, 0.717) is 23.9 Å². The SMILES string of the molecule is CC(C)Cc1cccc(CN(Cc2c(O)cccc2F)[C@@H](CC(C)C)CN(C)C)c1. The van der Waals surface area contributed by atoms with E-state index in [1.807, 2.05) is 0 Å². The second-order valence-electron chi connectivity index (χ2n) is 9.61. The maximum Gasteiger partial charge on any atom is 0.131 e. The van der Waals surface area contributed by atoms with Gasteiger partial charge in [-0.3, -0.25) is 4.90 Å². The second kappa shape index (κ2) is 11.5. The van der Waals surface area contributed by atoms with Gasteiger partial charge in [0.2, 0.25) is 0 Å². The van der Waals surface area contributed by atoms with Crippen molar-refractivity contribution >= 4 is 0 Å². The highest BCUT2D eigenvalue weighted by molar-refractivity contribution is 5.33. The van der Waals surface area contributed by atoms with Crippen LogP contribution in [0.1, 0.15) is 50.8 Å². The van der Waals surface area contributed by atoms with Gasteiger partial charge in [0.25, 0.3) is 0 Å². The molecule has 0 saturated carbocycles. The van der Waals surface area contributed by atoms with Crippen LogP contribution >= 0.6 is 0 Å². The van der Waals surface area contributed by atoms with Crippen molar-refractivity contribution in [1.29, 1.82) is 0 Å². The van der Waals surface area contributed by atoms with Crippen LogP contribution in [-0.2, 0) is 19.5 Å². The molecule has 1 atom stereocenters. The van der Waals surface area contributed by atoms with Crippen molar-refractivity contribution in [3.05, 3.63) is 65.0 Å². The number of nitrogens with zero attached hydrogens (tertiary/aromatic N) is 2. The molecule has 0 bridgehead atoms. The second-order valence-corrected chi connectivity index (χ2v) is 9.61. The van der Waals surface area contributed by atoms with E-state index < -0.39 is 0 Å². The molecular weight excluding hydrogens is 375 g/mol. The summed E-state index contributed by atoms with van der Waals surface area (Å²) in [5, 5.41) is 10.3. The summed E-state index contributed by atoms with van der Waals surface area (Å²) in [7, 11) is 4.16. The monoisotopic (exact) mass is 414 g/mol. The largest absolute Gasteiger partial charge is 0.508 e. The molecule has 0 amide bonds. The molecule has 0 aliphatic heterocycles. The number of aromatic hydroxyl groups is 1. The Morgan fingerprint density at radius 3 is 2.17 bits per heavy atom. The maximum atomic E-state index is 14.5. The molecule has 1 N–H and O–H groups in total. The molecule has 2 rings (SSSR count). The summed E-state index contributed by atoms with van der Waals surface area (Å²) in [5.41, 5.74) is 2.95. The van der Waals surface area contributed by atoms with Gasteiger partial charge in [0, 0.05) is 31.2 Å². The van der Waals surface area contributed by atoms with Gasteiger partial charge >= 0.3 is 0 Å². The first-order valence-electron chi connectivity index (χ1n) is 11.1. The molecule has 3 nitrogen and oxygen atoms in total. The molecule has 0 fully saturated rings. The van der Waals surface area contributed by atoms with Crippen LogP contribution in [0, 0.1) is 17.7 Å². The molecule has 0 radical (unpaired) electrons. The van der Waals surface area contributed by atoms with Crippen molar-refractivity contribution in [2.75, 3.05) is 20.6 Å². The van der Waals surface area contributed by atoms with Gasteiger partial charge in [-0.15, -0.1) is 0 Å². The highest BCUT2D eigenvalue weighted by atomic mass is 19.1. The van der Waals surface area contributed by atoms with Crippen molar-refractivity contribution in [3.63, 3.8) is 0 Å². The summed E-state index contributed by atoms with van der Waals surface area (Å²) in [6, 6.07) is 13.5. The molecule has 4 heteroatoms. The Morgan fingerprint density at radius 1 is 0.900 bits per heavy atom. The molecule has 0 spiro atoms. The number of rotatable bonds is 11. The highest BCUT2D eigenvalue weighted by Crippen LogP contribution is 2.26. The predicted octanol–water partition coefficient (Wildman–Crippen LogP) is 5.71. The fourth-order valence-electron chi connectivity index (χ4n) is 4.09. The zero-order valence-electron chi connectivity index (χ0n) is 19.5. The van der Waals surface area contributed by atoms with Crippen LogP contribution in [0.4, 0.5) is 4.39 Å². The molecular formula is C26H39FN2O. The lowest BCUT2D eigenvalue weighted by Crippen LogP contribution is -2.42. The molecule has 166 valence electrons. The van der Waals surface area contributed by atoms with Crippen molar-refractivity contribution in [3.8, 4) is 5.75 Å². The Hall–Kier alpha value is -1.91. The van der Waals surface area contributed by atoms with Gasteiger partial charge in [-0.1, -0.05) is 58.0 Å². The van der Waals surface area contributed by atoms with Gasteiger partial charge in [0.15, 0.2) is 0 Å². The molecule has 0 aliphatic rings. The van der Waals surface area contributed by atoms with Crippen LogP contribution < -0.4 is 0 Å². The summed E-state index contributed by atoms with van der Waals surface area (Å²) >= 11 is 0. The Bertz CT molecular complexity index is 758. The molecule has 30 heavy (non-hydrogen) atoms. The topological polar surface area (TPSA) is 26.7 Å². The number of hydrogen-bond acceptors (Lipinski definition) is 3. The maximum absolute atomic E-state index is 14.5. The van der Waals surface area contributed by atoms with Crippen LogP contribution in [0.3, 0.4) is 0 Å². The van der Waals surface area contributed by atoms with Crippen molar-refractivity contribution in [2.45, 2.75) is 59.7 Å². The summed E-state index contributed by atoms with van der Waals surface area (Å²) in [4.78, 5) is 4.52. The zero-order valence-corrected chi connectivity index (χ0v) is 19.5. The zero-order chi connectivity index (χ0) is 22.3. The normalized spacial score (nSPS) is 13.0. The first-order chi connectivity index (χ1) is 14.2. The Kier molecular flexibility index (Phi) is 9.32. The minimum absolute atomic E-state index is 0.0294. The van der Waals surface area contributed by atoms with Gasteiger partial charge in [-0.25, -0.2) is 4.39 Å². The van der Waals surface area contributed by atoms with E-state index in [1.165, 1.54) is 17.2 Å². The third-order valence-electron chi connectivity index (χ3n) is 5.31. The number of phenols is 1. The van der Waals surface area contributed by atoms with Crippen LogP contribution in [0.25, 0.3) is 0 Å². The number of halogens is 1. The van der Waals surface area contributed by atoms with Gasteiger partial charge in [-0.05, 0) is 62.0 Å². The molecule has 0 heterocycles. The van der Waals surface area contributed by atoms with Crippen LogP contribution in [0.5, 0.6) is 5.75 Å². The highest BCUT2D eigenvalue weighted by Gasteiger charge is 2.23. The summed E-state index contributed by atoms with van der Waals surface area (Å²) in [6.07, 6.45) is 2.06. The first-order valence-corrected chi connectivity index (χ1v) is 11.1. The van der Waals surface area contributed by atoms with Crippen molar-refractivity contribution < 1.29 is 9.50 Å². The lowest BCUT2D eigenvalue weighted by atomic mass is 9.98. The third kappa shape index (κ3) is 7.73. The Morgan fingerprint density at radius 2 is 1.57 bits per heavy atom. The molecule has 2 aromatic carbocycles. The minimum Gasteiger partial charge on any atom is -0.508 e. The van der Waals surface area contributed by atoms with Crippen LogP contribution in [0.15, 0.2) is 42.5 Å². The number of phenolic OH excluding ortho intramolecular Hbond substituents is 1. The summed E-state index contributed by atoms with van der Waals surface area (Å²) < 4.78 is 14.5. The number of benzene rings is 2. The molecule has 0 aliphatic carbocycles. The van der Waals surface area contributed by atoms with Crippen molar-refractivity contribution in [1.82, 2.24) is 9.80 Å². The van der Waals surface area contributed by atoms with E-state index >= 15 is 0 Å². The molecule has 0 unspecified atom stereocenters. The number of likely N-dealkylation sites (N-methyl/N-ethyl adjacent to an activating group) is 1. The van der Waals surface area contributed by atoms with E-state index in [4.69, 9.17) is 0 Å². The Balaban J connectivity index is 2.36. The fourth-order valence-corrected chi connectivity index (χ4v) is 4.09. The van der Waals surface area contributed by atoms with Gasteiger partial charge in [-0.2, -0.15) is 0 Å². The lowest BCUT2D eigenvalue weighted by Gasteiger charge is -2.35. The first kappa shape index (κ1) is 24.4. The quantitative estimate of drug-likeness (QED) is 0.510. The van der Waals surface area contributed by atoms with E-state index in [9.17, 15) is 9.50 Å². The lowest BCUT2D eigenvalue weighted by molar-refractivity contribution is 0.124. The number of hydrogen-bond donors (Lipinski definition) is 1. The third-order valence-corrected chi connectivity index (χ3v) is 5.31.